The van der Waals surface area contributed by atoms with Crippen molar-refractivity contribution in [3.05, 3.63) is 41.9 Å². The van der Waals surface area contributed by atoms with E-state index in [2.05, 4.69) is 15.3 Å². The summed E-state index contributed by atoms with van der Waals surface area (Å²) >= 11 is 0. The van der Waals surface area contributed by atoms with E-state index in [9.17, 15) is 4.79 Å². The molecular weight excluding hydrogens is 246 g/mol. The number of rotatable bonds is 4. The normalized spacial score (nSPS) is 10.0. The van der Waals surface area contributed by atoms with Crippen LogP contribution in [0.3, 0.4) is 0 Å². The first-order chi connectivity index (χ1) is 9.10. The molecule has 0 saturated heterocycles. The van der Waals surface area contributed by atoms with Crippen LogP contribution in [0, 0.1) is 6.92 Å². The van der Waals surface area contributed by atoms with E-state index in [0.717, 1.165) is 17.0 Å². The summed E-state index contributed by atoms with van der Waals surface area (Å²) in [5.41, 5.74) is 1.76. The fraction of sp³-hybridized carbons (Fsp3) is 0.154. The Morgan fingerprint density at radius 2 is 2.11 bits per heavy atom. The summed E-state index contributed by atoms with van der Waals surface area (Å²) in [7, 11) is 1.61. The van der Waals surface area contributed by atoms with Crippen LogP contribution in [0.5, 0.6) is 5.75 Å². The zero-order chi connectivity index (χ0) is 13.8. The monoisotopic (exact) mass is 259 g/mol. The maximum Gasteiger partial charge on any atom is 0.356 e. The number of nitrogens with one attached hydrogen (secondary N) is 1. The van der Waals surface area contributed by atoms with Crippen LogP contribution in [0.15, 0.2) is 30.6 Å². The number of aromatic nitrogens is 2. The molecular formula is C13H13N3O3. The van der Waals surface area contributed by atoms with E-state index in [-0.39, 0.29) is 5.69 Å². The van der Waals surface area contributed by atoms with E-state index in [1.54, 1.807) is 7.11 Å². The van der Waals surface area contributed by atoms with Crippen LogP contribution in [-0.4, -0.2) is 28.2 Å². The maximum absolute atomic E-state index is 10.7. The van der Waals surface area contributed by atoms with Crippen molar-refractivity contribution in [3.8, 4) is 5.75 Å². The lowest BCUT2D eigenvalue weighted by molar-refractivity contribution is 0.0690. The summed E-state index contributed by atoms with van der Waals surface area (Å²) < 4.78 is 5.12. The Morgan fingerprint density at radius 1 is 1.32 bits per heavy atom. The van der Waals surface area contributed by atoms with Crippen LogP contribution >= 0.6 is 0 Å². The van der Waals surface area contributed by atoms with Gasteiger partial charge in [-0.2, -0.15) is 0 Å². The van der Waals surface area contributed by atoms with Gasteiger partial charge in [-0.25, -0.2) is 14.8 Å². The first-order valence-corrected chi connectivity index (χ1v) is 5.57. The lowest BCUT2D eigenvalue weighted by Gasteiger charge is -2.10. The molecule has 6 heteroatoms. The molecule has 0 atom stereocenters. The van der Waals surface area contributed by atoms with Crippen LogP contribution < -0.4 is 10.1 Å². The number of benzene rings is 1. The highest BCUT2D eigenvalue weighted by Gasteiger charge is 2.06. The number of anilines is 2. The number of carboxylic acid groups (broad SMARTS) is 1. The molecule has 2 aromatic rings. The van der Waals surface area contributed by atoms with Gasteiger partial charge in [0.2, 0.25) is 0 Å². The minimum Gasteiger partial charge on any atom is -0.497 e. The van der Waals surface area contributed by atoms with E-state index in [4.69, 9.17) is 9.84 Å². The van der Waals surface area contributed by atoms with Crippen LogP contribution in [0.1, 0.15) is 16.1 Å². The highest BCUT2D eigenvalue weighted by molar-refractivity contribution is 5.85. The summed E-state index contributed by atoms with van der Waals surface area (Å²) in [6.07, 6.45) is 2.59. The van der Waals surface area contributed by atoms with Gasteiger partial charge < -0.3 is 15.2 Å². The third kappa shape index (κ3) is 2.98. The van der Waals surface area contributed by atoms with Crippen LogP contribution in [0.2, 0.25) is 0 Å². The molecule has 2 rings (SSSR count). The third-order valence-electron chi connectivity index (χ3n) is 2.57. The summed E-state index contributed by atoms with van der Waals surface area (Å²) in [6, 6.07) is 5.58. The maximum atomic E-state index is 10.7. The van der Waals surface area contributed by atoms with Gasteiger partial charge in [0, 0.05) is 5.69 Å². The Morgan fingerprint density at radius 3 is 2.63 bits per heavy atom. The third-order valence-corrected chi connectivity index (χ3v) is 2.57. The first-order valence-electron chi connectivity index (χ1n) is 5.57. The molecule has 0 saturated carbocycles. The van der Waals surface area contributed by atoms with Crippen molar-refractivity contribution in [2.24, 2.45) is 0 Å². The topological polar surface area (TPSA) is 84.3 Å². The van der Waals surface area contributed by atoms with E-state index < -0.39 is 5.97 Å². The zero-order valence-corrected chi connectivity index (χ0v) is 10.5. The number of hydrogen-bond donors (Lipinski definition) is 2. The number of aryl methyl sites for hydroxylation is 1. The molecule has 1 aromatic carbocycles. The van der Waals surface area contributed by atoms with Gasteiger partial charge in [0.05, 0.1) is 19.5 Å². The molecule has 6 nitrogen and oxygen atoms in total. The van der Waals surface area contributed by atoms with Crippen molar-refractivity contribution in [2.75, 3.05) is 12.4 Å². The van der Waals surface area contributed by atoms with Crippen molar-refractivity contribution >= 4 is 17.5 Å². The Labute approximate surface area is 110 Å². The smallest absolute Gasteiger partial charge is 0.356 e. The Kier molecular flexibility index (Phi) is 3.61. The van der Waals surface area contributed by atoms with Crippen LogP contribution in [0.25, 0.3) is 0 Å². The molecule has 0 fully saturated rings. The predicted octanol–water partition coefficient (Wildman–Crippen LogP) is 2.24. The van der Waals surface area contributed by atoms with Crippen molar-refractivity contribution < 1.29 is 14.6 Å². The molecule has 0 unspecified atom stereocenters. The van der Waals surface area contributed by atoms with Gasteiger partial charge in [0.1, 0.15) is 11.6 Å². The van der Waals surface area contributed by atoms with E-state index in [1.165, 1.54) is 12.4 Å². The summed E-state index contributed by atoms with van der Waals surface area (Å²) in [4.78, 5) is 18.4. The summed E-state index contributed by atoms with van der Waals surface area (Å²) in [5, 5.41) is 11.8. The summed E-state index contributed by atoms with van der Waals surface area (Å²) in [5.74, 6) is 0.160. The molecule has 0 amide bonds. The van der Waals surface area contributed by atoms with Gasteiger partial charge >= 0.3 is 5.97 Å². The van der Waals surface area contributed by atoms with Gasteiger partial charge in [-0.1, -0.05) is 0 Å². The Balaban J connectivity index is 2.19. The molecule has 1 aromatic heterocycles. The van der Waals surface area contributed by atoms with E-state index >= 15 is 0 Å². The van der Waals surface area contributed by atoms with Gasteiger partial charge in [-0.05, 0) is 30.7 Å². The quantitative estimate of drug-likeness (QED) is 0.875. The number of carboxylic acids is 1. The largest absolute Gasteiger partial charge is 0.497 e. The number of carbonyl (C=O) groups is 1. The second-order valence-electron chi connectivity index (χ2n) is 3.90. The highest BCUT2D eigenvalue weighted by Crippen LogP contribution is 2.23. The van der Waals surface area contributed by atoms with Crippen molar-refractivity contribution in [1.82, 2.24) is 9.97 Å². The highest BCUT2D eigenvalue weighted by atomic mass is 16.5. The number of aromatic carboxylic acids is 1. The van der Waals surface area contributed by atoms with Crippen LogP contribution in [0.4, 0.5) is 11.5 Å². The van der Waals surface area contributed by atoms with E-state index in [1.807, 2.05) is 25.1 Å². The van der Waals surface area contributed by atoms with Crippen LogP contribution in [-0.2, 0) is 0 Å². The second kappa shape index (κ2) is 5.34. The Hall–Kier alpha value is -2.63. The molecule has 0 bridgehead atoms. The van der Waals surface area contributed by atoms with Gasteiger partial charge in [0.15, 0.2) is 5.69 Å². The first kappa shape index (κ1) is 12.8. The average molecular weight is 259 g/mol. The zero-order valence-electron chi connectivity index (χ0n) is 10.5. The Bertz CT molecular complexity index is 597. The summed E-state index contributed by atoms with van der Waals surface area (Å²) in [6.45, 7) is 1.93. The number of hydrogen-bond acceptors (Lipinski definition) is 5. The van der Waals surface area contributed by atoms with Gasteiger partial charge in [-0.3, -0.25) is 0 Å². The van der Waals surface area contributed by atoms with Crippen molar-refractivity contribution in [2.45, 2.75) is 6.92 Å². The number of nitrogens with zero attached hydrogens (tertiary/aromatic N) is 2. The number of methoxy groups -OCH3 is 1. The molecule has 19 heavy (non-hydrogen) atoms. The average Bonchev–Trinajstić information content (AvgIpc) is 2.41. The van der Waals surface area contributed by atoms with E-state index in [0.29, 0.717) is 5.82 Å². The molecule has 2 N–H and O–H groups in total. The molecule has 0 aliphatic carbocycles. The lowest BCUT2D eigenvalue weighted by Crippen LogP contribution is -2.03. The molecule has 0 radical (unpaired) electrons. The predicted molar refractivity (Wildman–Crippen MR) is 70.0 cm³/mol. The molecule has 98 valence electrons. The number of ether oxygens (including phenoxy) is 1. The standard InChI is InChI=1S/C13H13N3O3/c1-8-5-9(19-2)3-4-10(8)16-12-7-14-11(6-15-12)13(17)18/h3-7H,1-2H3,(H,15,16)(H,17,18). The molecule has 0 spiro atoms. The molecule has 0 aliphatic heterocycles. The fourth-order valence-electron chi connectivity index (χ4n) is 1.54. The van der Waals surface area contributed by atoms with Gasteiger partial charge in [0.25, 0.3) is 0 Å². The second-order valence-corrected chi connectivity index (χ2v) is 3.90. The minimum atomic E-state index is -1.10. The lowest BCUT2D eigenvalue weighted by atomic mass is 10.2. The molecule has 0 aliphatic rings. The van der Waals surface area contributed by atoms with Crippen molar-refractivity contribution in [1.29, 1.82) is 0 Å². The minimum absolute atomic E-state index is 0.0861. The molecule has 1 heterocycles. The van der Waals surface area contributed by atoms with Gasteiger partial charge in [-0.15, -0.1) is 0 Å². The van der Waals surface area contributed by atoms with Crippen molar-refractivity contribution in [3.63, 3.8) is 0 Å². The SMILES string of the molecule is COc1ccc(Nc2cnc(C(=O)O)cn2)c(C)c1. The fourth-order valence-corrected chi connectivity index (χ4v) is 1.54.